The van der Waals surface area contributed by atoms with E-state index in [0.717, 1.165) is 16.5 Å². The van der Waals surface area contributed by atoms with Gasteiger partial charge in [-0.1, -0.05) is 52.3 Å². The van der Waals surface area contributed by atoms with Crippen molar-refractivity contribution in [3.8, 4) is 17.6 Å². The van der Waals surface area contributed by atoms with Crippen LogP contribution in [0.3, 0.4) is 0 Å². The minimum absolute atomic E-state index is 0.0532. The summed E-state index contributed by atoms with van der Waals surface area (Å²) in [5.74, 6) is -0.115. The molecule has 0 aliphatic rings. The number of rotatable bonds is 10. The second kappa shape index (κ2) is 12.6. The third-order valence-electron chi connectivity index (χ3n) is 5.72. The highest BCUT2D eigenvalue weighted by Gasteiger charge is 2.15. The summed E-state index contributed by atoms with van der Waals surface area (Å²) in [5, 5.41) is 16.3. The lowest BCUT2D eigenvalue weighted by atomic mass is 10.1. The number of hydrogen-bond acceptors (Lipinski definition) is 5. The van der Waals surface area contributed by atoms with Gasteiger partial charge in [0.05, 0.1) is 7.11 Å². The Balaban J connectivity index is 1.39. The van der Waals surface area contributed by atoms with Crippen LogP contribution in [-0.2, 0) is 16.0 Å². The smallest absolute Gasteiger partial charge is 0.262 e. The standard InChI is InChI=1S/C29H25BrN4O4/c1-37-26-14-20(24(30)15-27(26)38-18-28(35)34-22-7-3-2-4-8-22)13-21(16-31)29(36)32-12-11-19-17-33-25-10-6-5-9-23(19)25/h2-10,13-15,17,33H,11-12,18H2,1H3,(H,32,36)(H,34,35)/b21-13-. The number of H-pyrrole nitrogens is 1. The number of amides is 2. The maximum Gasteiger partial charge on any atom is 0.262 e. The van der Waals surface area contributed by atoms with Crippen LogP contribution in [0, 0.1) is 11.3 Å². The molecular weight excluding hydrogens is 548 g/mol. The van der Waals surface area contributed by atoms with Crippen LogP contribution in [0.4, 0.5) is 5.69 Å². The second-order valence-electron chi connectivity index (χ2n) is 8.26. The van der Waals surface area contributed by atoms with E-state index in [1.54, 1.807) is 24.3 Å². The zero-order valence-electron chi connectivity index (χ0n) is 20.6. The third kappa shape index (κ3) is 6.60. The van der Waals surface area contributed by atoms with Crippen LogP contribution in [-0.4, -0.2) is 37.1 Å². The molecule has 38 heavy (non-hydrogen) atoms. The number of carbonyl (C=O) groups is 2. The molecule has 0 fully saturated rings. The highest BCUT2D eigenvalue weighted by molar-refractivity contribution is 9.10. The van der Waals surface area contributed by atoms with E-state index in [-0.39, 0.29) is 18.1 Å². The molecule has 0 atom stereocenters. The Bertz CT molecular complexity index is 1520. The molecule has 9 heteroatoms. The lowest BCUT2D eigenvalue weighted by molar-refractivity contribution is -0.118. The van der Waals surface area contributed by atoms with E-state index in [0.29, 0.717) is 40.2 Å². The zero-order valence-corrected chi connectivity index (χ0v) is 22.2. The molecule has 1 heterocycles. The van der Waals surface area contributed by atoms with Gasteiger partial charge in [-0.2, -0.15) is 5.26 Å². The highest BCUT2D eigenvalue weighted by Crippen LogP contribution is 2.34. The first-order chi connectivity index (χ1) is 18.5. The number of nitrogens with zero attached hydrogens (tertiary/aromatic N) is 1. The summed E-state index contributed by atoms with van der Waals surface area (Å²) in [7, 11) is 1.47. The molecule has 0 unspecified atom stereocenters. The number of hydrogen-bond donors (Lipinski definition) is 3. The van der Waals surface area contributed by atoms with Crippen LogP contribution in [0.5, 0.6) is 11.5 Å². The fraction of sp³-hybridized carbons (Fsp3) is 0.138. The number of nitriles is 1. The van der Waals surface area contributed by atoms with Crippen molar-refractivity contribution in [1.29, 1.82) is 5.26 Å². The van der Waals surface area contributed by atoms with E-state index >= 15 is 0 Å². The van der Waals surface area contributed by atoms with Gasteiger partial charge in [-0.3, -0.25) is 9.59 Å². The maximum atomic E-state index is 12.7. The summed E-state index contributed by atoms with van der Waals surface area (Å²) in [5.41, 5.74) is 3.28. The minimum Gasteiger partial charge on any atom is -0.493 e. The molecule has 2 amide bonds. The maximum absolute atomic E-state index is 12.7. The summed E-state index contributed by atoms with van der Waals surface area (Å²) in [6.07, 6.45) is 4.02. The Morgan fingerprint density at radius 1 is 1.08 bits per heavy atom. The Morgan fingerprint density at radius 2 is 1.84 bits per heavy atom. The van der Waals surface area contributed by atoms with Gasteiger partial charge in [-0.25, -0.2) is 0 Å². The van der Waals surface area contributed by atoms with Gasteiger partial charge >= 0.3 is 0 Å². The van der Waals surface area contributed by atoms with E-state index in [4.69, 9.17) is 9.47 Å². The number of para-hydroxylation sites is 2. The lowest BCUT2D eigenvalue weighted by Gasteiger charge is -2.13. The van der Waals surface area contributed by atoms with Crippen LogP contribution in [0.1, 0.15) is 11.1 Å². The molecular formula is C29H25BrN4O4. The summed E-state index contributed by atoms with van der Waals surface area (Å²) >= 11 is 3.45. The Hall–Kier alpha value is -4.55. The monoisotopic (exact) mass is 572 g/mol. The van der Waals surface area contributed by atoms with Crippen molar-refractivity contribution < 1.29 is 19.1 Å². The third-order valence-corrected chi connectivity index (χ3v) is 6.41. The fourth-order valence-corrected chi connectivity index (χ4v) is 4.28. The van der Waals surface area contributed by atoms with Gasteiger partial charge in [0.1, 0.15) is 11.6 Å². The van der Waals surface area contributed by atoms with Gasteiger partial charge in [0.2, 0.25) is 0 Å². The number of anilines is 1. The first-order valence-electron chi connectivity index (χ1n) is 11.8. The number of halogens is 1. The summed E-state index contributed by atoms with van der Waals surface area (Å²) in [6.45, 7) is 0.150. The number of ether oxygens (including phenoxy) is 2. The van der Waals surface area contributed by atoms with Crippen molar-refractivity contribution >= 4 is 50.4 Å². The molecule has 0 aliphatic carbocycles. The van der Waals surface area contributed by atoms with Crippen LogP contribution in [0.25, 0.3) is 17.0 Å². The van der Waals surface area contributed by atoms with Crippen molar-refractivity contribution in [1.82, 2.24) is 10.3 Å². The molecule has 4 rings (SSSR count). The van der Waals surface area contributed by atoms with Crippen LogP contribution < -0.4 is 20.1 Å². The van der Waals surface area contributed by atoms with Gasteiger partial charge in [-0.05, 0) is 54.0 Å². The number of aromatic amines is 1. The van der Waals surface area contributed by atoms with Gasteiger partial charge < -0.3 is 25.1 Å². The average molecular weight is 573 g/mol. The molecule has 0 saturated heterocycles. The molecule has 192 valence electrons. The van der Waals surface area contributed by atoms with Gasteiger partial charge in [0.15, 0.2) is 18.1 Å². The normalized spacial score (nSPS) is 11.0. The van der Waals surface area contributed by atoms with Crippen molar-refractivity contribution in [3.05, 3.63) is 94.1 Å². The van der Waals surface area contributed by atoms with Crippen molar-refractivity contribution in [2.75, 3.05) is 25.6 Å². The fourth-order valence-electron chi connectivity index (χ4n) is 3.84. The number of fused-ring (bicyclic) bond motifs is 1. The molecule has 8 nitrogen and oxygen atoms in total. The second-order valence-corrected chi connectivity index (χ2v) is 9.12. The summed E-state index contributed by atoms with van der Waals surface area (Å²) in [4.78, 5) is 28.2. The summed E-state index contributed by atoms with van der Waals surface area (Å²) < 4.78 is 11.6. The van der Waals surface area contributed by atoms with Crippen molar-refractivity contribution in [2.45, 2.75) is 6.42 Å². The molecule has 4 aromatic rings. The van der Waals surface area contributed by atoms with E-state index in [1.807, 2.05) is 54.7 Å². The minimum atomic E-state index is -0.476. The first kappa shape index (κ1) is 26.5. The molecule has 1 aromatic heterocycles. The van der Waals surface area contributed by atoms with E-state index in [2.05, 4.69) is 31.5 Å². The molecule has 0 aliphatic heterocycles. The molecule has 0 saturated carbocycles. The predicted molar refractivity (Wildman–Crippen MR) is 150 cm³/mol. The lowest BCUT2D eigenvalue weighted by Crippen LogP contribution is -2.26. The van der Waals surface area contributed by atoms with E-state index in [9.17, 15) is 14.9 Å². The molecule has 0 spiro atoms. The molecule has 0 radical (unpaired) electrons. The van der Waals surface area contributed by atoms with Crippen LogP contribution in [0.15, 0.2) is 83.0 Å². The number of benzene rings is 3. The van der Waals surface area contributed by atoms with Gasteiger partial charge in [0, 0.05) is 33.8 Å². The number of carbonyl (C=O) groups excluding carboxylic acids is 2. The molecule has 3 aromatic carbocycles. The topological polar surface area (TPSA) is 116 Å². The number of aromatic nitrogens is 1. The van der Waals surface area contributed by atoms with E-state index < -0.39 is 5.91 Å². The molecule has 0 bridgehead atoms. The highest BCUT2D eigenvalue weighted by atomic mass is 79.9. The quantitative estimate of drug-likeness (QED) is 0.178. The number of nitrogens with one attached hydrogen (secondary N) is 3. The SMILES string of the molecule is COc1cc(/C=C(/C#N)C(=O)NCCc2c[nH]c3ccccc23)c(Br)cc1OCC(=O)Nc1ccccc1. The van der Waals surface area contributed by atoms with E-state index in [1.165, 1.54) is 13.2 Å². The van der Waals surface area contributed by atoms with Gasteiger partial charge in [-0.15, -0.1) is 0 Å². The largest absolute Gasteiger partial charge is 0.493 e. The Kier molecular flexibility index (Phi) is 8.80. The predicted octanol–water partition coefficient (Wildman–Crippen LogP) is 5.22. The van der Waals surface area contributed by atoms with Crippen LogP contribution >= 0.6 is 15.9 Å². The van der Waals surface area contributed by atoms with Crippen LogP contribution in [0.2, 0.25) is 0 Å². The van der Waals surface area contributed by atoms with Crippen molar-refractivity contribution in [2.24, 2.45) is 0 Å². The zero-order chi connectivity index (χ0) is 26.9. The molecule has 3 N–H and O–H groups in total. The Labute approximate surface area is 228 Å². The number of methoxy groups -OCH3 is 1. The van der Waals surface area contributed by atoms with Crippen molar-refractivity contribution in [3.63, 3.8) is 0 Å². The summed E-state index contributed by atoms with van der Waals surface area (Å²) in [6, 6.07) is 22.2. The Morgan fingerprint density at radius 3 is 2.61 bits per heavy atom. The van der Waals surface area contributed by atoms with Gasteiger partial charge in [0.25, 0.3) is 11.8 Å². The first-order valence-corrected chi connectivity index (χ1v) is 12.6. The average Bonchev–Trinajstić information content (AvgIpc) is 3.34.